The van der Waals surface area contributed by atoms with E-state index in [-0.39, 0.29) is 5.56 Å². The molecule has 1 N–H and O–H groups in total. The summed E-state index contributed by atoms with van der Waals surface area (Å²) >= 11 is 7.65. The first kappa shape index (κ1) is 17.0. The second-order valence-electron chi connectivity index (χ2n) is 5.67. The number of rotatable bonds is 5. The smallest absolute Gasteiger partial charge is 0.335 e. The van der Waals surface area contributed by atoms with Crippen LogP contribution in [0.2, 0.25) is 5.15 Å². The Kier molecular flexibility index (Phi) is 5.58. The first-order chi connectivity index (χ1) is 11.6. The van der Waals surface area contributed by atoms with Crippen molar-refractivity contribution in [2.45, 2.75) is 30.2 Å². The molecule has 0 unspecified atom stereocenters. The highest BCUT2D eigenvalue weighted by Crippen LogP contribution is 2.26. The van der Waals surface area contributed by atoms with Crippen molar-refractivity contribution in [2.75, 3.05) is 18.0 Å². The molecule has 3 rings (SSSR count). The molecular weight excluding hydrogens is 346 g/mol. The van der Waals surface area contributed by atoms with Crippen LogP contribution < -0.4 is 4.90 Å². The lowest BCUT2D eigenvalue weighted by molar-refractivity contribution is 0.0697. The molecule has 0 amide bonds. The maximum Gasteiger partial charge on any atom is 0.335 e. The number of aromatic carboxylic acids is 1. The van der Waals surface area contributed by atoms with E-state index in [9.17, 15) is 4.79 Å². The lowest BCUT2D eigenvalue weighted by Gasteiger charge is -2.27. The van der Waals surface area contributed by atoms with Crippen molar-refractivity contribution in [3.8, 4) is 0 Å². The number of hydrogen-bond donors (Lipinski definition) is 1. The molecule has 1 aliphatic heterocycles. The standard InChI is InChI=1S/C17H18ClN3O2S/c18-14-10-15(21-8-2-1-3-9-21)20-17(19-14)24-11-12-4-6-13(7-5-12)16(22)23/h4-7,10H,1-3,8-9,11H2,(H,22,23). The SMILES string of the molecule is O=C(O)c1ccc(CSc2nc(Cl)cc(N3CCCCC3)n2)cc1. The Bertz CT molecular complexity index is 718. The van der Waals surface area contributed by atoms with Crippen LogP contribution in [0.3, 0.4) is 0 Å². The van der Waals surface area contributed by atoms with Gasteiger partial charge >= 0.3 is 5.97 Å². The second-order valence-corrected chi connectivity index (χ2v) is 7.00. The van der Waals surface area contributed by atoms with E-state index in [0.29, 0.717) is 16.1 Å². The number of halogens is 1. The number of benzene rings is 1. The van der Waals surface area contributed by atoms with Crippen LogP contribution in [0.4, 0.5) is 5.82 Å². The number of carbonyl (C=O) groups is 1. The first-order valence-electron chi connectivity index (χ1n) is 7.86. The Morgan fingerprint density at radius 2 is 1.88 bits per heavy atom. The molecule has 5 nitrogen and oxygen atoms in total. The van der Waals surface area contributed by atoms with Crippen molar-refractivity contribution >= 4 is 35.1 Å². The van der Waals surface area contributed by atoms with Crippen molar-refractivity contribution in [1.29, 1.82) is 0 Å². The maximum atomic E-state index is 10.9. The lowest BCUT2D eigenvalue weighted by Crippen LogP contribution is -2.30. The zero-order valence-electron chi connectivity index (χ0n) is 13.1. The zero-order chi connectivity index (χ0) is 16.9. The summed E-state index contributed by atoms with van der Waals surface area (Å²) in [4.78, 5) is 22.0. The summed E-state index contributed by atoms with van der Waals surface area (Å²) in [5.74, 6) is 0.636. The highest BCUT2D eigenvalue weighted by molar-refractivity contribution is 7.98. The van der Waals surface area contributed by atoms with Crippen LogP contribution in [-0.4, -0.2) is 34.1 Å². The monoisotopic (exact) mass is 363 g/mol. The molecule has 0 bridgehead atoms. The lowest BCUT2D eigenvalue weighted by atomic mass is 10.1. The van der Waals surface area contributed by atoms with Gasteiger partial charge in [-0.25, -0.2) is 14.8 Å². The molecule has 1 saturated heterocycles. The number of hydrogen-bond acceptors (Lipinski definition) is 5. The molecule has 0 radical (unpaired) electrons. The van der Waals surface area contributed by atoms with Crippen LogP contribution >= 0.6 is 23.4 Å². The van der Waals surface area contributed by atoms with Gasteiger partial charge in [0.1, 0.15) is 11.0 Å². The van der Waals surface area contributed by atoms with E-state index in [0.717, 1.165) is 24.5 Å². The van der Waals surface area contributed by atoms with E-state index in [4.69, 9.17) is 16.7 Å². The molecule has 0 saturated carbocycles. The van der Waals surface area contributed by atoms with Gasteiger partial charge in [-0.15, -0.1) is 0 Å². The summed E-state index contributed by atoms with van der Waals surface area (Å²) in [6.45, 7) is 2.02. The highest BCUT2D eigenvalue weighted by atomic mass is 35.5. The van der Waals surface area contributed by atoms with Crippen LogP contribution in [0.25, 0.3) is 0 Å². The molecule has 1 aromatic carbocycles. The Morgan fingerprint density at radius 3 is 2.54 bits per heavy atom. The molecule has 2 aromatic rings. The van der Waals surface area contributed by atoms with E-state index >= 15 is 0 Å². The van der Waals surface area contributed by atoms with Crippen molar-refractivity contribution in [3.63, 3.8) is 0 Å². The normalized spacial score (nSPS) is 14.6. The van der Waals surface area contributed by atoms with Gasteiger partial charge < -0.3 is 10.0 Å². The van der Waals surface area contributed by atoms with E-state index in [1.807, 2.05) is 18.2 Å². The molecule has 0 aliphatic carbocycles. The van der Waals surface area contributed by atoms with Gasteiger partial charge in [-0.1, -0.05) is 35.5 Å². The highest BCUT2D eigenvalue weighted by Gasteiger charge is 2.14. The molecule has 0 spiro atoms. The van der Waals surface area contributed by atoms with Crippen LogP contribution in [0, 0.1) is 0 Å². The first-order valence-corrected chi connectivity index (χ1v) is 9.23. The fourth-order valence-electron chi connectivity index (χ4n) is 2.63. The minimum absolute atomic E-state index is 0.287. The molecule has 1 aromatic heterocycles. The third-order valence-electron chi connectivity index (χ3n) is 3.91. The number of nitrogens with zero attached hydrogens (tertiary/aromatic N) is 3. The van der Waals surface area contributed by atoms with Gasteiger partial charge in [0.05, 0.1) is 5.56 Å². The molecule has 0 atom stereocenters. The topological polar surface area (TPSA) is 66.3 Å². The summed E-state index contributed by atoms with van der Waals surface area (Å²) in [6.07, 6.45) is 3.63. The van der Waals surface area contributed by atoms with Crippen molar-refractivity contribution in [2.24, 2.45) is 0 Å². The average molecular weight is 364 g/mol. The Morgan fingerprint density at radius 1 is 1.17 bits per heavy atom. The second kappa shape index (κ2) is 7.85. The third-order valence-corrected chi connectivity index (χ3v) is 5.02. The third kappa shape index (κ3) is 4.39. The average Bonchev–Trinajstić information content (AvgIpc) is 2.60. The number of thioether (sulfide) groups is 1. The summed E-state index contributed by atoms with van der Waals surface area (Å²) in [6, 6.07) is 8.66. The van der Waals surface area contributed by atoms with Gasteiger partial charge in [0.15, 0.2) is 5.16 Å². The molecule has 1 aliphatic rings. The fraction of sp³-hybridized carbons (Fsp3) is 0.353. The van der Waals surface area contributed by atoms with E-state index < -0.39 is 5.97 Å². The summed E-state index contributed by atoms with van der Waals surface area (Å²) in [5.41, 5.74) is 1.31. The van der Waals surface area contributed by atoms with E-state index in [2.05, 4.69) is 14.9 Å². The fourth-order valence-corrected chi connectivity index (χ4v) is 3.66. The Labute approximate surface area is 150 Å². The number of anilines is 1. The van der Waals surface area contributed by atoms with Crippen LogP contribution in [0.15, 0.2) is 35.5 Å². The minimum atomic E-state index is -0.918. The van der Waals surface area contributed by atoms with E-state index in [1.54, 1.807) is 12.1 Å². The summed E-state index contributed by atoms with van der Waals surface area (Å²) in [7, 11) is 0. The maximum absolute atomic E-state index is 10.9. The Balaban J connectivity index is 1.68. The zero-order valence-corrected chi connectivity index (χ0v) is 14.7. The molecular formula is C17H18ClN3O2S. The molecule has 2 heterocycles. The van der Waals surface area contributed by atoms with Gasteiger partial charge in [0.25, 0.3) is 0 Å². The van der Waals surface area contributed by atoms with Crippen LogP contribution in [0.1, 0.15) is 35.2 Å². The summed E-state index contributed by atoms with van der Waals surface area (Å²) in [5, 5.41) is 10.0. The van der Waals surface area contributed by atoms with Crippen LogP contribution in [-0.2, 0) is 5.75 Å². The Hall–Kier alpha value is -1.79. The summed E-state index contributed by atoms with van der Waals surface area (Å²) < 4.78 is 0. The van der Waals surface area contributed by atoms with E-state index in [1.165, 1.54) is 31.0 Å². The molecule has 7 heteroatoms. The minimum Gasteiger partial charge on any atom is -0.478 e. The van der Waals surface area contributed by atoms with Crippen molar-refractivity contribution in [3.05, 3.63) is 46.6 Å². The molecule has 1 fully saturated rings. The predicted octanol–water partition coefficient (Wildman–Crippen LogP) is 4.11. The van der Waals surface area contributed by atoms with Crippen molar-refractivity contribution < 1.29 is 9.90 Å². The number of piperidine rings is 1. The largest absolute Gasteiger partial charge is 0.478 e. The van der Waals surface area contributed by atoms with Gasteiger partial charge in [0.2, 0.25) is 0 Å². The van der Waals surface area contributed by atoms with Crippen LogP contribution in [0.5, 0.6) is 0 Å². The van der Waals surface area contributed by atoms with Gasteiger partial charge in [-0.3, -0.25) is 0 Å². The molecule has 126 valence electrons. The van der Waals surface area contributed by atoms with Gasteiger partial charge in [0, 0.05) is 24.9 Å². The van der Waals surface area contributed by atoms with Gasteiger partial charge in [-0.05, 0) is 37.0 Å². The molecule has 24 heavy (non-hydrogen) atoms. The number of carboxylic acids is 1. The number of aromatic nitrogens is 2. The quantitative estimate of drug-likeness (QED) is 0.490. The van der Waals surface area contributed by atoms with Gasteiger partial charge in [-0.2, -0.15) is 0 Å². The number of carboxylic acid groups (broad SMARTS) is 1. The van der Waals surface area contributed by atoms with Crippen molar-refractivity contribution in [1.82, 2.24) is 9.97 Å². The predicted molar refractivity (Wildman–Crippen MR) is 96.1 cm³/mol.